The van der Waals surface area contributed by atoms with Crippen molar-refractivity contribution in [3.05, 3.63) is 29.8 Å². The fourth-order valence-corrected chi connectivity index (χ4v) is 1.69. The zero-order valence-electron chi connectivity index (χ0n) is 11.1. The van der Waals surface area contributed by atoms with Gasteiger partial charge in [0.2, 0.25) is 0 Å². The minimum atomic E-state index is -0.146. The molecule has 0 heterocycles. The molecular formula is C14H22N2O2. The Morgan fingerprint density at radius 1 is 1.33 bits per heavy atom. The molecular weight excluding hydrogens is 228 g/mol. The molecule has 0 saturated heterocycles. The minimum Gasteiger partial charge on any atom is -0.395 e. The first kappa shape index (κ1) is 14.5. The normalized spacial score (nSPS) is 10.2. The first-order valence-corrected chi connectivity index (χ1v) is 6.41. The van der Waals surface area contributed by atoms with Gasteiger partial charge in [0.15, 0.2) is 0 Å². The number of aliphatic hydroxyl groups excluding tert-OH is 1. The highest BCUT2D eigenvalue weighted by Gasteiger charge is 2.12. The Morgan fingerprint density at radius 3 is 2.67 bits per heavy atom. The Labute approximate surface area is 109 Å². The number of hydrogen-bond donors (Lipinski definition) is 2. The molecule has 0 unspecified atom stereocenters. The number of hydrogen-bond acceptors (Lipinski definition) is 2. The van der Waals surface area contributed by atoms with Crippen LogP contribution in [0.1, 0.15) is 25.3 Å². The van der Waals surface area contributed by atoms with Gasteiger partial charge in [0.05, 0.1) is 6.61 Å². The molecule has 1 rings (SSSR count). The van der Waals surface area contributed by atoms with Crippen molar-refractivity contribution in [1.82, 2.24) is 4.90 Å². The second kappa shape index (κ2) is 7.71. The van der Waals surface area contributed by atoms with Crippen molar-refractivity contribution in [1.29, 1.82) is 0 Å². The van der Waals surface area contributed by atoms with E-state index < -0.39 is 0 Å². The Balaban J connectivity index is 2.63. The number of unbranched alkanes of at least 4 members (excludes halogenated alkanes) is 1. The van der Waals surface area contributed by atoms with Crippen molar-refractivity contribution in [3.8, 4) is 0 Å². The number of nitrogens with one attached hydrogen (secondary N) is 1. The highest BCUT2D eigenvalue weighted by molar-refractivity contribution is 5.90. The zero-order chi connectivity index (χ0) is 13.4. The number of anilines is 1. The lowest BCUT2D eigenvalue weighted by Crippen LogP contribution is -2.37. The predicted octanol–water partition coefficient (Wildman–Crippen LogP) is 2.62. The minimum absolute atomic E-state index is 0.00902. The average Bonchev–Trinajstić information content (AvgIpc) is 2.37. The number of rotatable bonds is 6. The van der Waals surface area contributed by atoms with Gasteiger partial charge < -0.3 is 15.3 Å². The summed E-state index contributed by atoms with van der Waals surface area (Å²) in [4.78, 5) is 13.7. The van der Waals surface area contributed by atoms with Crippen LogP contribution in [-0.4, -0.2) is 35.7 Å². The standard InChI is InChI=1S/C14H22N2O2/c1-3-4-9-16(10-11-17)14(18)15-13-8-6-5-7-12(13)2/h5-8,17H,3-4,9-11H2,1-2H3,(H,15,18). The molecule has 0 aliphatic heterocycles. The van der Waals surface area contributed by atoms with Crippen molar-refractivity contribution in [2.45, 2.75) is 26.7 Å². The largest absolute Gasteiger partial charge is 0.395 e. The summed E-state index contributed by atoms with van der Waals surface area (Å²) in [6.07, 6.45) is 1.97. The fraction of sp³-hybridized carbons (Fsp3) is 0.500. The second-order valence-electron chi connectivity index (χ2n) is 4.31. The molecule has 2 amide bonds. The molecule has 0 aromatic heterocycles. The number of aryl methyl sites for hydroxylation is 1. The molecule has 0 radical (unpaired) electrons. The van der Waals surface area contributed by atoms with Crippen LogP contribution in [0.25, 0.3) is 0 Å². The van der Waals surface area contributed by atoms with E-state index in [4.69, 9.17) is 5.11 Å². The van der Waals surface area contributed by atoms with E-state index in [2.05, 4.69) is 12.2 Å². The van der Waals surface area contributed by atoms with Gasteiger partial charge in [-0.15, -0.1) is 0 Å². The molecule has 0 saturated carbocycles. The number of carbonyl (C=O) groups is 1. The van der Waals surface area contributed by atoms with E-state index in [0.717, 1.165) is 24.1 Å². The maximum absolute atomic E-state index is 12.1. The van der Waals surface area contributed by atoms with Gasteiger partial charge in [0.25, 0.3) is 0 Å². The lowest BCUT2D eigenvalue weighted by Gasteiger charge is -2.22. The van der Waals surface area contributed by atoms with E-state index in [1.165, 1.54) is 0 Å². The van der Waals surface area contributed by atoms with Crippen LogP contribution in [0, 0.1) is 6.92 Å². The summed E-state index contributed by atoms with van der Waals surface area (Å²) in [5, 5.41) is 11.9. The molecule has 0 bridgehead atoms. The average molecular weight is 250 g/mol. The number of urea groups is 1. The van der Waals surface area contributed by atoms with Crippen LogP contribution < -0.4 is 5.32 Å². The molecule has 0 aliphatic rings. The molecule has 4 nitrogen and oxygen atoms in total. The monoisotopic (exact) mass is 250 g/mol. The lowest BCUT2D eigenvalue weighted by atomic mass is 10.2. The second-order valence-corrected chi connectivity index (χ2v) is 4.31. The number of carbonyl (C=O) groups excluding carboxylic acids is 1. The summed E-state index contributed by atoms with van der Waals surface area (Å²) < 4.78 is 0. The van der Waals surface area contributed by atoms with E-state index in [1.54, 1.807) is 4.90 Å². The maximum Gasteiger partial charge on any atom is 0.321 e. The summed E-state index contributed by atoms with van der Waals surface area (Å²) in [7, 11) is 0. The Kier molecular flexibility index (Phi) is 6.22. The van der Waals surface area contributed by atoms with Gasteiger partial charge in [-0.25, -0.2) is 4.79 Å². The van der Waals surface area contributed by atoms with Crippen LogP contribution in [-0.2, 0) is 0 Å². The fourth-order valence-electron chi connectivity index (χ4n) is 1.69. The van der Waals surface area contributed by atoms with E-state index >= 15 is 0 Å². The molecule has 0 fully saturated rings. The number of aliphatic hydroxyl groups is 1. The van der Waals surface area contributed by atoms with Gasteiger partial charge >= 0.3 is 6.03 Å². The molecule has 18 heavy (non-hydrogen) atoms. The number of para-hydroxylation sites is 1. The van der Waals surface area contributed by atoms with Crippen LogP contribution in [0.4, 0.5) is 10.5 Å². The number of benzene rings is 1. The molecule has 1 aromatic rings. The van der Waals surface area contributed by atoms with Crippen molar-refractivity contribution in [2.24, 2.45) is 0 Å². The van der Waals surface area contributed by atoms with Gasteiger partial charge in [0.1, 0.15) is 0 Å². The third-order valence-corrected chi connectivity index (χ3v) is 2.83. The van der Waals surface area contributed by atoms with E-state index in [-0.39, 0.29) is 12.6 Å². The van der Waals surface area contributed by atoms with Crippen molar-refractivity contribution < 1.29 is 9.90 Å². The Hall–Kier alpha value is -1.55. The van der Waals surface area contributed by atoms with Gasteiger partial charge in [0, 0.05) is 18.8 Å². The predicted molar refractivity (Wildman–Crippen MR) is 73.8 cm³/mol. The number of amides is 2. The topological polar surface area (TPSA) is 52.6 Å². The third-order valence-electron chi connectivity index (χ3n) is 2.83. The number of nitrogens with zero attached hydrogens (tertiary/aromatic N) is 1. The van der Waals surface area contributed by atoms with Crippen LogP contribution in [0.5, 0.6) is 0 Å². The highest BCUT2D eigenvalue weighted by atomic mass is 16.3. The first-order valence-electron chi connectivity index (χ1n) is 6.41. The van der Waals surface area contributed by atoms with E-state index in [9.17, 15) is 4.79 Å². The highest BCUT2D eigenvalue weighted by Crippen LogP contribution is 2.13. The third kappa shape index (κ3) is 4.37. The van der Waals surface area contributed by atoms with Gasteiger partial charge in [-0.3, -0.25) is 0 Å². The van der Waals surface area contributed by atoms with Gasteiger partial charge in [-0.2, -0.15) is 0 Å². The van der Waals surface area contributed by atoms with Crippen molar-refractivity contribution in [2.75, 3.05) is 25.0 Å². The summed E-state index contributed by atoms with van der Waals surface area (Å²) in [6, 6.07) is 7.52. The van der Waals surface area contributed by atoms with Gasteiger partial charge in [-0.1, -0.05) is 31.5 Å². The molecule has 1 aromatic carbocycles. The molecule has 0 aliphatic carbocycles. The Bertz CT molecular complexity index is 380. The summed E-state index contributed by atoms with van der Waals surface area (Å²) in [6.45, 7) is 5.08. The quantitative estimate of drug-likeness (QED) is 0.815. The van der Waals surface area contributed by atoms with Crippen LogP contribution in [0.3, 0.4) is 0 Å². The van der Waals surface area contributed by atoms with Crippen molar-refractivity contribution in [3.63, 3.8) is 0 Å². The summed E-state index contributed by atoms with van der Waals surface area (Å²) >= 11 is 0. The van der Waals surface area contributed by atoms with Crippen LogP contribution >= 0.6 is 0 Å². The molecule has 2 N–H and O–H groups in total. The maximum atomic E-state index is 12.1. The van der Waals surface area contributed by atoms with Crippen LogP contribution in [0.15, 0.2) is 24.3 Å². The Morgan fingerprint density at radius 2 is 2.06 bits per heavy atom. The molecule has 0 spiro atoms. The van der Waals surface area contributed by atoms with Crippen LogP contribution in [0.2, 0.25) is 0 Å². The van der Waals surface area contributed by atoms with Crippen molar-refractivity contribution >= 4 is 11.7 Å². The summed E-state index contributed by atoms with van der Waals surface area (Å²) in [5.41, 5.74) is 1.85. The SMILES string of the molecule is CCCCN(CCO)C(=O)Nc1ccccc1C. The van der Waals surface area contributed by atoms with Gasteiger partial charge in [-0.05, 0) is 25.0 Å². The first-order chi connectivity index (χ1) is 8.69. The molecule has 0 atom stereocenters. The smallest absolute Gasteiger partial charge is 0.321 e. The van der Waals surface area contributed by atoms with E-state index in [0.29, 0.717) is 13.1 Å². The van der Waals surface area contributed by atoms with E-state index in [1.807, 2.05) is 31.2 Å². The lowest BCUT2D eigenvalue weighted by molar-refractivity contribution is 0.187. The zero-order valence-corrected chi connectivity index (χ0v) is 11.1. The molecule has 100 valence electrons. The summed E-state index contributed by atoms with van der Waals surface area (Å²) in [5.74, 6) is 0. The molecule has 4 heteroatoms.